The molecule has 0 saturated carbocycles. The van der Waals surface area contributed by atoms with Crippen LogP contribution in [-0.4, -0.2) is 40.5 Å². The van der Waals surface area contributed by atoms with E-state index in [9.17, 15) is 4.79 Å². The van der Waals surface area contributed by atoms with Crippen molar-refractivity contribution in [1.29, 1.82) is 0 Å². The van der Waals surface area contributed by atoms with Crippen molar-refractivity contribution in [3.05, 3.63) is 30.1 Å². The first-order valence-electron chi connectivity index (χ1n) is 8.22. The summed E-state index contributed by atoms with van der Waals surface area (Å²) in [6.45, 7) is 6.83. The fourth-order valence-electron chi connectivity index (χ4n) is 2.96. The summed E-state index contributed by atoms with van der Waals surface area (Å²) in [5.74, 6) is -0.0121. The smallest absolute Gasteiger partial charge is 0.240 e. The average molecular weight is 341 g/mol. The van der Waals surface area contributed by atoms with Gasteiger partial charge < -0.3 is 11.1 Å². The molecule has 1 aliphatic rings. The molecule has 1 unspecified atom stereocenters. The number of piperidine rings is 1. The highest BCUT2D eigenvalue weighted by Crippen LogP contribution is 2.15. The monoisotopic (exact) mass is 340 g/mol. The van der Waals surface area contributed by atoms with Crippen molar-refractivity contribution in [1.82, 2.24) is 15.2 Å². The zero-order valence-corrected chi connectivity index (χ0v) is 14.9. The summed E-state index contributed by atoms with van der Waals surface area (Å²) in [4.78, 5) is 18.7. The average Bonchev–Trinajstić information content (AvgIpc) is 2.50. The molecule has 2 heterocycles. The van der Waals surface area contributed by atoms with Crippen LogP contribution in [-0.2, 0) is 11.3 Å². The molecule has 1 aliphatic heterocycles. The minimum atomic E-state index is -0.747. The molecule has 2 rings (SSSR count). The maximum Gasteiger partial charge on any atom is 0.240 e. The summed E-state index contributed by atoms with van der Waals surface area (Å²) in [7, 11) is 0. The van der Waals surface area contributed by atoms with E-state index in [-0.39, 0.29) is 24.4 Å². The van der Waals surface area contributed by atoms with Gasteiger partial charge >= 0.3 is 0 Å². The lowest BCUT2D eigenvalue weighted by molar-refractivity contribution is -0.127. The van der Waals surface area contributed by atoms with Gasteiger partial charge in [0.1, 0.15) is 0 Å². The van der Waals surface area contributed by atoms with Gasteiger partial charge in [-0.1, -0.05) is 13.3 Å². The van der Waals surface area contributed by atoms with Gasteiger partial charge in [-0.15, -0.1) is 12.4 Å². The van der Waals surface area contributed by atoms with Crippen LogP contribution in [0.3, 0.4) is 0 Å². The number of aromatic nitrogens is 1. The standard InChI is InChI=1S/C17H28N4O.ClH/c1-3-8-17(2,18)16(22)20-15-6-11-21(12-7-15)13-14-4-9-19-10-5-14;/h4-5,9-10,15H,3,6-8,11-13,18H2,1-2H3,(H,20,22);1H. The largest absolute Gasteiger partial charge is 0.352 e. The Hall–Kier alpha value is -1.17. The third-order valence-electron chi connectivity index (χ3n) is 4.37. The van der Waals surface area contributed by atoms with E-state index >= 15 is 0 Å². The predicted octanol–water partition coefficient (Wildman–Crippen LogP) is 2.10. The molecule has 0 bridgehead atoms. The second kappa shape index (κ2) is 9.21. The highest BCUT2D eigenvalue weighted by Gasteiger charge is 2.30. The molecule has 0 radical (unpaired) electrons. The second-order valence-corrected chi connectivity index (χ2v) is 6.55. The number of carbonyl (C=O) groups is 1. The number of likely N-dealkylation sites (tertiary alicyclic amines) is 1. The van der Waals surface area contributed by atoms with Crippen molar-refractivity contribution in [2.45, 2.75) is 57.7 Å². The molecular formula is C17H29ClN4O. The topological polar surface area (TPSA) is 71.2 Å². The number of nitrogens with zero attached hydrogens (tertiary/aromatic N) is 2. The SMILES string of the molecule is CCCC(C)(N)C(=O)NC1CCN(Cc2ccncc2)CC1.Cl. The van der Waals surface area contributed by atoms with Gasteiger partial charge in [-0.05, 0) is 43.9 Å². The number of nitrogens with one attached hydrogen (secondary N) is 1. The summed E-state index contributed by atoms with van der Waals surface area (Å²) in [5.41, 5.74) is 6.63. The molecule has 3 N–H and O–H groups in total. The molecule has 130 valence electrons. The van der Waals surface area contributed by atoms with E-state index in [0.29, 0.717) is 0 Å². The minimum absolute atomic E-state index is 0. The van der Waals surface area contributed by atoms with Gasteiger partial charge in [-0.25, -0.2) is 0 Å². The van der Waals surface area contributed by atoms with Crippen molar-refractivity contribution >= 4 is 18.3 Å². The van der Waals surface area contributed by atoms with E-state index < -0.39 is 5.54 Å². The van der Waals surface area contributed by atoms with Gasteiger partial charge in [0.25, 0.3) is 0 Å². The third kappa shape index (κ3) is 6.09. The molecule has 1 atom stereocenters. The van der Waals surface area contributed by atoms with Crippen LogP contribution in [0.4, 0.5) is 0 Å². The van der Waals surface area contributed by atoms with Crippen molar-refractivity contribution in [3.63, 3.8) is 0 Å². The highest BCUT2D eigenvalue weighted by molar-refractivity contribution is 5.86. The van der Waals surface area contributed by atoms with Gasteiger partial charge in [0.15, 0.2) is 0 Å². The second-order valence-electron chi connectivity index (χ2n) is 6.55. The van der Waals surface area contributed by atoms with Crippen LogP contribution in [0.1, 0.15) is 45.1 Å². The summed E-state index contributed by atoms with van der Waals surface area (Å²) < 4.78 is 0. The van der Waals surface area contributed by atoms with Gasteiger partial charge in [-0.3, -0.25) is 14.7 Å². The van der Waals surface area contributed by atoms with Crippen LogP contribution in [0.5, 0.6) is 0 Å². The molecular weight excluding hydrogens is 312 g/mol. The van der Waals surface area contributed by atoms with Crippen LogP contribution in [0.25, 0.3) is 0 Å². The van der Waals surface area contributed by atoms with E-state index in [4.69, 9.17) is 5.73 Å². The van der Waals surface area contributed by atoms with Gasteiger partial charge in [0.05, 0.1) is 5.54 Å². The van der Waals surface area contributed by atoms with Crippen molar-refractivity contribution in [3.8, 4) is 0 Å². The number of carbonyl (C=O) groups excluding carboxylic acids is 1. The molecule has 23 heavy (non-hydrogen) atoms. The summed E-state index contributed by atoms with van der Waals surface area (Å²) in [5, 5.41) is 3.13. The number of amides is 1. The quantitative estimate of drug-likeness (QED) is 0.832. The molecule has 1 amide bonds. The van der Waals surface area contributed by atoms with E-state index in [1.54, 1.807) is 0 Å². The summed E-state index contributed by atoms with van der Waals surface area (Å²) >= 11 is 0. The van der Waals surface area contributed by atoms with Crippen LogP contribution >= 0.6 is 12.4 Å². The highest BCUT2D eigenvalue weighted by atomic mass is 35.5. The molecule has 6 heteroatoms. The molecule has 5 nitrogen and oxygen atoms in total. The van der Waals surface area contributed by atoms with E-state index in [0.717, 1.165) is 45.3 Å². The Morgan fingerprint density at radius 1 is 1.39 bits per heavy atom. The fourth-order valence-corrected chi connectivity index (χ4v) is 2.96. The minimum Gasteiger partial charge on any atom is -0.352 e. The molecule has 1 saturated heterocycles. The first-order chi connectivity index (χ1) is 10.5. The Morgan fingerprint density at radius 3 is 2.57 bits per heavy atom. The summed E-state index contributed by atoms with van der Waals surface area (Å²) in [6.07, 6.45) is 7.28. The number of halogens is 1. The summed E-state index contributed by atoms with van der Waals surface area (Å²) in [6, 6.07) is 4.36. The fraction of sp³-hybridized carbons (Fsp3) is 0.647. The molecule has 0 aliphatic carbocycles. The number of nitrogens with two attached hydrogens (primary N) is 1. The lowest BCUT2D eigenvalue weighted by Crippen LogP contribution is -2.55. The zero-order chi connectivity index (χ0) is 16.0. The van der Waals surface area contributed by atoms with Crippen LogP contribution in [0.2, 0.25) is 0 Å². The number of hydrogen-bond donors (Lipinski definition) is 2. The van der Waals surface area contributed by atoms with E-state index in [1.165, 1.54) is 5.56 Å². The van der Waals surface area contributed by atoms with Crippen molar-refractivity contribution in [2.24, 2.45) is 5.73 Å². The zero-order valence-electron chi connectivity index (χ0n) is 14.1. The van der Waals surface area contributed by atoms with E-state index in [1.807, 2.05) is 19.3 Å². The van der Waals surface area contributed by atoms with Crippen LogP contribution in [0.15, 0.2) is 24.5 Å². The lowest BCUT2D eigenvalue weighted by atomic mass is 9.95. The normalized spacial score (nSPS) is 18.7. The van der Waals surface area contributed by atoms with Crippen molar-refractivity contribution in [2.75, 3.05) is 13.1 Å². The van der Waals surface area contributed by atoms with Crippen molar-refractivity contribution < 1.29 is 4.79 Å². The van der Waals surface area contributed by atoms with Gasteiger partial charge in [-0.2, -0.15) is 0 Å². The molecule has 0 spiro atoms. The van der Waals surface area contributed by atoms with E-state index in [2.05, 4.69) is 34.3 Å². The Morgan fingerprint density at radius 2 is 2.00 bits per heavy atom. The Kier molecular flexibility index (Phi) is 7.95. The number of rotatable bonds is 6. The van der Waals surface area contributed by atoms with Gasteiger partial charge in [0.2, 0.25) is 5.91 Å². The first kappa shape index (κ1) is 19.9. The first-order valence-corrected chi connectivity index (χ1v) is 8.22. The molecule has 1 fully saturated rings. The molecule has 0 aromatic carbocycles. The maximum atomic E-state index is 12.2. The van der Waals surface area contributed by atoms with Crippen LogP contribution in [0, 0.1) is 0 Å². The Bertz CT molecular complexity index is 473. The molecule has 1 aromatic rings. The number of pyridine rings is 1. The molecule has 1 aromatic heterocycles. The number of hydrogen-bond acceptors (Lipinski definition) is 4. The Balaban J connectivity index is 0.00000264. The maximum absolute atomic E-state index is 12.2. The lowest BCUT2D eigenvalue weighted by Gasteiger charge is -2.34. The Labute approximate surface area is 145 Å². The predicted molar refractivity (Wildman–Crippen MR) is 95.4 cm³/mol. The third-order valence-corrected chi connectivity index (χ3v) is 4.37. The van der Waals surface area contributed by atoms with Crippen LogP contribution < -0.4 is 11.1 Å². The van der Waals surface area contributed by atoms with Gasteiger partial charge in [0, 0.05) is 38.1 Å².